The minimum absolute atomic E-state index is 0.106. The Morgan fingerprint density at radius 1 is 1.46 bits per heavy atom. The van der Waals surface area contributed by atoms with E-state index in [1.165, 1.54) is 0 Å². The number of carbonyl (C=O) groups is 1. The van der Waals surface area contributed by atoms with Crippen LogP contribution in [-0.4, -0.2) is 18.9 Å². The fraction of sp³-hybridized carbons (Fsp3) is 0.571. The van der Waals surface area contributed by atoms with Crippen LogP contribution < -0.4 is 0 Å². The zero-order valence-electron chi connectivity index (χ0n) is 7.14. The second kappa shape index (κ2) is 4.74. The molecule has 0 amide bonds. The maximum Gasteiger partial charge on any atom is 0.572 e. The van der Waals surface area contributed by atoms with E-state index in [0.29, 0.717) is 6.08 Å². The zero-order valence-corrected chi connectivity index (χ0v) is 7.14. The Bertz CT molecular complexity index is 208. The molecule has 0 bridgehead atoms. The Morgan fingerprint density at radius 2 is 2.00 bits per heavy atom. The highest BCUT2D eigenvalue weighted by Crippen LogP contribution is 2.20. The first kappa shape index (κ1) is 11.8. The summed E-state index contributed by atoms with van der Waals surface area (Å²) in [5.74, 6) is -1.41. The first-order chi connectivity index (χ1) is 5.85. The third kappa shape index (κ3) is 7.17. The molecule has 76 valence electrons. The maximum absolute atomic E-state index is 11.5. The van der Waals surface area contributed by atoms with Gasteiger partial charge in [0.15, 0.2) is 0 Å². The molecule has 0 aliphatic heterocycles. The summed E-state index contributed by atoms with van der Waals surface area (Å²) in [7, 11) is 0. The van der Waals surface area contributed by atoms with E-state index >= 15 is 0 Å². The summed E-state index contributed by atoms with van der Waals surface area (Å²) in [4.78, 5) is 10.6. The van der Waals surface area contributed by atoms with Gasteiger partial charge in [-0.2, -0.15) is 0 Å². The van der Waals surface area contributed by atoms with Crippen LogP contribution in [0.25, 0.3) is 0 Å². The zero-order chi connectivity index (χ0) is 10.5. The smallest absolute Gasteiger partial charge is 0.463 e. The van der Waals surface area contributed by atoms with Crippen molar-refractivity contribution in [2.24, 2.45) is 0 Å². The van der Waals surface area contributed by atoms with Crippen LogP contribution in [0.5, 0.6) is 0 Å². The highest BCUT2D eigenvalue weighted by molar-refractivity contribution is 5.82. The molecule has 0 aromatic heterocycles. The molecule has 0 spiro atoms. The Hall–Kier alpha value is -1.20. The number of esters is 1. The number of allylic oxidation sites excluding steroid dienone is 1. The minimum Gasteiger partial charge on any atom is -0.463 e. The van der Waals surface area contributed by atoms with Crippen LogP contribution in [0.2, 0.25) is 0 Å². The van der Waals surface area contributed by atoms with Gasteiger partial charge in [0.1, 0.15) is 5.76 Å². The van der Waals surface area contributed by atoms with Crippen molar-refractivity contribution in [1.29, 1.82) is 0 Å². The molecular weight excluding hydrogens is 189 g/mol. The second-order valence-corrected chi connectivity index (χ2v) is 2.05. The van der Waals surface area contributed by atoms with Gasteiger partial charge in [0, 0.05) is 0 Å². The van der Waals surface area contributed by atoms with Crippen molar-refractivity contribution in [2.45, 2.75) is 20.2 Å². The summed E-state index contributed by atoms with van der Waals surface area (Å²) in [5, 5.41) is 0. The largest absolute Gasteiger partial charge is 0.572 e. The van der Waals surface area contributed by atoms with E-state index in [9.17, 15) is 18.0 Å². The van der Waals surface area contributed by atoms with Crippen LogP contribution in [0.1, 0.15) is 13.8 Å². The molecule has 0 fully saturated rings. The molecule has 0 unspecified atom stereocenters. The van der Waals surface area contributed by atoms with E-state index in [2.05, 4.69) is 9.47 Å². The molecule has 0 rings (SSSR count). The number of rotatable bonds is 3. The van der Waals surface area contributed by atoms with Gasteiger partial charge in [0.2, 0.25) is 0 Å². The minimum atomic E-state index is -4.77. The molecule has 3 nitrogen and oxygen atoms in total. The number of halogens is 3. The van der Waals surface area contributed by atoms with Crippen molar-refractivity contribution < 1.29 is 27.4 Å². The highest BCUT2D eigenvalue weighted by Gasteiger charge is 2.31. The average molecular weight is 198 g/mol. The molecule has 0 saturated heterocycles. The lowest BCUT2D eigenvalue weighted by Crippen LogP contribution is -2.13. The summed E-state index contributed by atoms with van der Waals surface area (Å²) in [5.41, 5.74) is 0. The number of hydrogen-bond acceptors (Lipinski definition) is 3. The van der Waals surface area contributed by atoms with Gasteiger partial charge in [0.25, 0.3) is 0 Å². The molecule has 0 aromatic carbocycles. The molecule has 0 aromatic rings. The van der Waals surface area contributed by atoms with Crippen molar-refractivity contribution in [3.05, 3.63) is 11.8 Å². The van der Waals surface area contributed by atoms with E-state index in [1.807, 2.05) is 0 Å². The fourth-order valence-corrected chi connectivity index (χ4v) is 0.562. The van der Waals surface area contributed by atoms with Crippen molar-refractivity contribution >= 4 is 5.97 Å². The molecule has 0 heterocycles. The molecule has 0 radical (unpaired) electrons. The lowest BCUT2D eigenvalue weighted by molar-refractivity contribution is -0.305. The number of carbonyl (C=O) groups excluding carboxylic acids is 1. The van der Waals surface area contributed by atoms with Gasteiger partial charge in [-0.3, -0.25) is 0 Å². The van der Waals surface area contributed by atoms with E-state index in [4.69, 9.17) is 0 Å². The van der Waals surface area contributed by atoms with Gasteiger partial charge < -0.3 is 9.47 Å². The molecule has 0 aliphatic carbocycles. The third-order valence-electron chi connectivity index (χ3n) is 0.884. The summed E-state index contributed by atoms with van der Waals surface area (Å²) in [6.45, 7) is 2.67. The molecule has 0 aliphatic rings. The van der Waals surface area contributed by atoms with Crippen LogP contribution in [0, 0.1) is 0 Å². The summed E-state index contributed by atoms with van der Waals surface area (Å²) < 4.78 is 42.4. The van der Waals surface area contributed by atoms with Crippen LogP contribution in [0.3, 0.4) is 0 Å². The number of hydrogen-bond donors (Lipinski definition) is 0. The normalized spacial score (nSPS) is 12.5. The number of alkyl halides is 3. The van der Waals surface area contributed by atoms with Crippen molar-refractivity contribution in [3.8, 4) is 0 Å². The predicted octanol–water partition coefficient (Wildman–Crippen LogP) is 1.99. The standard InChI is InChI=1S/C7H9F3O3/c1-3-12-6(11)4-5(2)13-7(8,9)10/h4H,3H2,1-2H3. The van der Waals surface area contributed by atoms with Crippen LogP contribution in [0.15, 0.2) is 11.8 Å². The lowest BCUT2D eigenvalue weighted by atomic mass is 10.5. The topological polar surface area (TPSA) is 35.5 Å². The molecule has 0 saturated carbocycles. The molecule has 0 atom stereocenters. The highest BCUT2D eigenvalue weighted by atomic mass is 19.4. The average Bonchev–Trinajstić information content (AvgIpc) is 1.81. The summed E-state index contributed by atoms with van der Waals surface area (Å²) >= 11 is 0. The quantitative estimate of drug-likeness (QED) is 0.395. The van der Waals surface area contributed by atoms with Gasteiger partial charge in [-0.25, -0.2) is 4.79 Å². The Morgan fingerprint density at radius 3 is 2.38 bits per heavy atom. The van der Waals surface area contributed by atoms with Crippen LogP contribution >= 0.6 is 0 Å². The first-order valence-corrected chi connectivity index (χ1v) is 3.46. The molecular formula is C7H9F3O3. The van der Waals surface area contributed by atoms with Gasteiger partial charge >= 0.3 is 12.3 Å². The van der Waals surface area contributed by atoms with Crippen molar-refractivity contribution in [2.75, 3.05) is 6.61 Å². The predicted molar refractivity (Wildman–Crippen MR) is 37.5 cm³/mol. The summed E-state index contributed by atoms with van der Waals surface area (Å²) in [6, 6.07) is 0. The van der Waals surface area contributed by atoms with Gasteiger partial charge in [0.05, 0.1) is 12.7 Å². The monoisotopic (exact) mass is 198 g/mol. The van der Waals surface area contributed by atoms with Crippen LogP contribution in [0.4, 0.5) is 13.2 Å². The SMILES string of the molecule is CCOC(=O)C=C(C)OC(F)(F)F. The Balaban J connectivity index is 4.09. The fourth-order valence-electron chi connectivity index (χ4n) is 0.562. The van der Waals surface area contributed by atoms with Crippen LogP contribution in [-0.2, 0) is 14.3 Å². The van der Waals surface area contributed by atoms with E-state index < -0.39 is 18.1 Å². The summed E-state index contributed by atoms with van der Waals surface area (Å²) in [6.07, 6.45) is -4.13. The van der Waals surface area contributed by atoms with Gasteiger partial charge in [-0.1, -0.05) is 0 Å². The van der Waals surface area contributed by atoms with E-state index in [1.54, 1.807) is 6.92 Å². The molecule has 6 heteroatoms. The Labute approximate surface area is 73.1 Å². The van der Waals surface area contributed by atoms with E-state index in [0.717, 1.165) is 6.92 Å². The Kier molecular flexibility index (Phi) is 4.30. The molecule has 13 heavy (non-hydrogen) atoms. The van der Waals surface area contributed by atoms with Gasteiger partial charge in [-0.05, 0) is 13.8 Å². The van der Waals surface area contributed by atoms with E-state index in [-0.39, 0.29) is 6.61 Å². The second-order valence-electron chi connectivity index (χ2n) is 2.05. The maximum atomic E-state index is 11.5. The van der Waals surface area contributed by atoms with Crippen molar-refractivity contribution in [3.63, 3.8) is 0 Å². The van der Waals surface area contributed by atoms with Gasteiger partial charge in [-0.15, -0.1) is 13.2 Å². The third-order valence-corrected chi connectivity index (χ3v) is 0.884. The molecule has 0 N–H and O–H groups in total. The lowest BCUT2D eigenvalue weighted by Gasteiger charge is -2.08. The first-order valence-electron chi connectivity index (χ1n) is 3.46. The number of ether oxygens (including phenoxy) is 2. The van der Waals surface area contributed by atoms with Crippen molar-refractivity contribution in [1.82, 2.24) is 0 Å².